The molecule has 0 amide bonds. The van der Waals surface area contributed by atoms with Gasteiger partial charge in [0.2, 0.25) is 5.52 Å². The summed E-state index contributed by atoms with van der Waals surface area (Å²) >= 11 is 6.64. The van der Waals surface area contributed by atoms with Gasteiger partial charge < -0.3 is 14.7 Å². The van der Waals surface area contributed by atoms with Crippen LogP contribution in [0.1, 0.15) is 15.2 Å². The van der Waals surface area contributed by atoms with Gasteiger partial charge in [-0.2, -0.15) is 4.73 Å². The molecule has 0 atom stereocenters. The fourth-order valence-electron chi connectivity index (χ4n) is 2.53. The molecule has 0 aliphatic rings. The van der Waals surface area contributed by atoms with E-state index in [-0.39, 0.29) is 0 Å². The normalized spacial score (nSPS) is 10.3. The summed E-state index contributed by atoms with van der Waals surface area (Å²) in [5.74, 6) is 1.52. The summed E-state index contributed by atoms with van der Waals surface area (Å²) in [6.07, 6.45) is 3.25. The molecule has 0 fully saturated rings. The Morgan fingerprint density at radius 2 is 1.52 bits per heavy atom. The Hall–Kier alpha value is -2.38. The minimum Gasteiger partial charge on any atom is -0.618 e. The quantitative estimate of drug-likeness (QED) is 0.230. The van der Waals surface area contributed by atoms with Crippen molar-refractivity contribution in [1.29, 1.82) is 0 Å². The molecule has 0 radical (unpaired) electrons. The average Bonchev–Trinajstić information content (AvgIpc) is 2.74. The maximum atomic E-state index is 11.5. The second kappa shape index (κ2) is 11.0. The van der Waals surface area contributed by atoms with Crippen molar-refractivity contribution in [2.45, 2.75) is 13.8 Å². The van der Waals surface area contributed by atoms with Gasteiger partial charge in [0.25, 0.3) is 0 Å². The Morgan fingerprint density at radius 1 is 0.931 bits per heavy atom. The number of fused-ring (bicyclic) bond motifs is 2. The number of hydrogen-bond donors (Lipinski definition) is 0. The zero-order valence-electron chi connectivity index (χ0n) is 17.4. The van der Waals surface area contributed by atoms with Gasteiger partial charge in [0.15, 0.2) is 6.20 Å². The van der Waals surface area contributed by atoms with Crippen molar-refractivity contribution in [3.63, 3.8) is 0 Å². The number of rotatable bonds is 2. The van der Waals surface area contributed by atoms with E-state index in [1.54, 1.807) is 33.4 Å². The van der Waals surface area contributed by atoms with Crippen molar-refractivity contribution in [2.75, 3.05) is 14.2 Å². The smallest absolute Gasteiger partial charge is 0.227 e. The van der Waals surface area contributed by atoms with E-state index >= 15 is 0 Å². The summed E-state index contributed by atoms with van der Waals surface area (Å²) in [6, 6.07) is 15.2. The SMILES string of the molecule is COc1ccc2cc(Br)c[n+]([O-])c2c1.COc1ccc2cc(Br)cnc2c1.[2H]CC. The molecule has 152 valence electrons. The lowest BCUT2D eigenvalue weighted by atomic mass is 10.2. The fourth-order valence-corrected chi connectivity index (χ4v) is 3.31. The first-order valence-electron chi connectivity index (χ1n) is 9.37. The molecule has 0 N–H and O–H groups in total. The molecule has 2 aromatic carbocycles. The van der Waals surface area contributed by atoms with Gasteiger partial charge in [-0.25, -0.2) is 0 Å². The van der Waals surface area contributed by atoms with E-state index in [4.69, 9.17) is 10.8 Å². The van der Waals surface area contributed by atoms with Crippen LogP contribution in [-0.2, 0) is 0 Å². The third-order valence-electron chi connectivity index (χ3n) is 3.87. The van der Waals surface area contributed by atoms with Gasteiger partial charge in [0, 0.05) is 28.9 Å². The summed E-state index contributed by atoms with van der Waals surface area (Å²) in [7, 11) is 3.23. The molecule has 0 aliphatic heterocycles. The van der Waals surface area contributed by atoms with E-state index in [9.17, 15) is 5.21 Å². The fraction of sp³-hybridized carbons (Fsp3) is 0.182. The molecule has 0 spiro atoms. The molecule has 4 rings (SSSR count). The third kappa shape index (κ3) is 6.05. The van der Waals surface area contributed by atoms with Crippen molar-refractivity contribution >= 4 is 53.7 Å². The number of aromatic nitrogens is 2. The summed E-state index contributed by atoms with van der Waals surface area (Å²) in [5, 5.41) is 13.5. The van der Waals surface area contributed by atoms with Crippen LogP contribution in [0.3, 0.4) is 0 Å². The van der Waals surface area contributed by atoms with Gasteiger partial charge in [-0.15, -0.1) is 0 Å². The van der Waals surface area contributed by atoms with Crippen molar-refractivity contribution in [1.82, 2.24) is 4.98 Å². The number of nitrogens with zero attached hydrogens (tertiary/aromatic N) is 2. The van der Waals surface area contributed by atoms with E-state index in [1.165, 1.54) is 6.20 Å². The second-order valence-corrected chi connectivity index (χ2v) is 7.45. The highest BCUT2D eigenvalue weighted by Gasteiger charge is 2.06. The standard InChI is InChI=1S/C10H8BrNO2.C10H8BrNO.C2H6/c1-14-9-3-2-7-4-8(11)6-12(13)10(7)5-9;1-13-9-3-2-7-4-8(11)6-12-10(7)5-9;1-2/h2-6H,1H3;2-6H,1H3;1-2H3/i;;1D. The van der Waals surface area contributed by atoms with Crippen LogP contribution in [-0.4, -0.2) is 19.2 Å². The van der Waals surface area contributed by atoms with Crippen molar-refractivity contribution in [3.8, 4) is 11.5 Å². The lowest BCUT2D eigenvalue weighted by Gasteiger charge is -2.04. The highest BCUT2D eigenvalue weighted by atomic mass is 79.9. The second-order valence-electron chi connectivity index (χ2n) is 5.62. The van der Waals surface area contributed by atoms with Crippen LogP contribution in [0.25, 0.3) is 21.8 Å². The first-order chi connectivity index (χ1) is 14.4. The first-order valence-corrected chi connectivity index (χ1v) is 10.3. The highest BCUT2D eigenvalue weighted by molar-refractivity contribution is 9.10. The molecule has 2 heterocycles. The zero-order chi connectivity index (χ0) is 22.1. The first kappa shape index (κ1) is 21.3. The van der Waals surface area contributed by atoms with E-state index < -0.39 is 0 Å². The third-order valence-corrected chi connectivity index (χ3v) is 4.73. The zero-order valence-corrected chi connectivity index (χ0v) is 19.5. The van der Waals surface area contributed by atoms with E-state index in [2.05, 4.69) is 36.8 Å². The monoisotopic (exact) mass is 521 g/mol. The Morgan fingerprint density at radius 3 is 2.17 bits per heavy atom. The van der Waals surface area contributed by atoms with E-state index in [0.29, 0.717) is 18.2 Å². The number of hydrogen-bond acceptors (Lipinski definition) is 4. The average molecular weight is 523 g/mol. The number of pyridine rings is 2. The largest absolute Gasteiger partial charge is 0.618 e. The molecular weight excluding hydrogens is 500 g/mol. The summed E-state index contributed by atoms with van der Waals surface area (Å²) in [5.41, 5.74) is 1.55. The molecule has 4 aromatic rings. The van der Waals surface area contributed by atoms with Crippen LogP contribution in [0.15, 0.2) is 69.9 Å². The van der Waals surface area contributed by atoms with Gasteiger partial charge >= 0.3 is 0 Å². The topological polar surface area (TPSA) is 58.3 Å². The van der Waals surface area contributed by atoms with Gasteiger partial charge in [0.1, 0.15) is 11.5 Å². The van der Waals surface area contributed by atoms with Gasteiger partial charge in [0.05, 0.1) is 30.3 Å². The minimum absolute atomic E-state index is 0.500. The summed E-state index contributed by atoms with van der Waals surface area (Å²) in [6.45, 7) is 2.29. The van der Waals surface area contributed by atoms with E-state index in [1.807, 2.05) is 42.5 Å². The number of methoxy groups -OCH3 is 2. The summed E-state index contributed by atoms with van der Waals surface area (Å²) in [4.78, 5) is 4.26. The molecule has 0 saturated carbocycles. The van der Waals surface area contributed by atoms with Crippen LogP contribution >= 0.6 is 31.9 Å². The van der Waals surface area contributed by atoms with Crippen molar-refractivity contribution in [2.24, 2.45) is 0 Å². The van der Waals surface area contributed by atoms with Crippen molar-refractivity contribution in [3.05, 3.63) is 75.1 Å². The van der Waals surface area contributed by atoms with Crippen LogP contribution in [0.5, 0.6) is 11.5 Å². The van der Waals surface area contributed by atoms with Gasteiger partial charge in [-0.3, -0.25) is 4.98 Å². The minimum atomic E-state index is 0.500. The number of halogens is 2. The maximum Gasteiger partial charge on any atom is 0.227 e. The maximum absolute atomic E-state index is 11.5. The molecular formula is C22H22Br2N2O3. The predicted octanol–water partition coefficient (Wildman–Crippen LogP) is 6.28. The van der Waals surface area contributed by atoms with Gasteiger partial charge in [-0.05, 0) is 68.3 Å². The highest BCUT2D eigenvalue weighted by Crippen LogP contribution is 2.22. The molecule has 29 heavy (non-hydrogen) atoms. The number of ether oxygens (including phenoxy) is 2. The Labute approximate surface area is 188 Å². The predicted molar refractivity (Wildman–Crippen MR) is 125 cm³/mol. The Balaban J connectivity index is 0.000000190. The molecule has 0 aliphatic carbocycles. The molecule has 0 saturated heterocycles. The molecule has 2 aromatic heterocycles. The summed E-state index contributed by atoms with van der Waals surface area (Å²) < 4.78 is 18.9. The lowest BCUT2D eigenvalue weighted by Crippen LogP contribution is -2.26. The Kier molecular flexibility index (Phi) is 8.07. The van der Waals surface area contributed by atoms with E-state index in [0.717, 1.165) is 35.7 Å². The lowest BCUT2D eigenvalue weighted by molar-refractivity contribution is -0.577. The van der Waals surface area contributed by atoms with Crippen LogP contribution in [0.4, 0.5) is 0 Å². The van der Waals surface area contributed by atoms with Crippen molar-refractivity contribution < 1.29 is 15.6 Å². The van der Waals surface area contributed by atoms with Crippen LogP contribution in [0.2, 0.25) is 0 Å². The Bertz CT molecular complexity index is 1130. The molecule has 0 unspecified atom stereocenters. The van der Waals surface area contributed by atoms with Crippen LogP contribution < -0.4 is 14.2 Å². The number of benzene rings is 2. The van der Waals surface area contributed by atoms with Crippen LogP contribution in [0, 0.1) is 5.21 Å². The molecule has 5 nitrogen and oxygen atoms in total. The van der Waals surface area contributed by atoms with Gasteiger partial charge in [-0.1, -0.05) is 13.8 Å². The molecule has 0 bridgehead atoms. The molecule has 7 heteroatoms.